The Hall–Kier alpha value is -2.97. The molecule has 0 fully saturated rings. The molecule has 20 heavy (non-hydrogen) atoms. The van der Waals surface area contributed by atoms with Crippen LogP contribution in [-0.2, 0) is 0 Å². The number of nitrogens with zero attached hydrogens (tertiary/aromatic N) is 4. The van der Waals surface area contributed by atoms with Gasteiger partial charge in [0, 0.05) is 12.1 Å². The average Bonchev–Trinajstić information content (AvgIpc) is 2.75. The Labute approximate surface area is 112 Å². The summed E-state index contributed by atoms with van der Waals surface area (Å²) >= 11 is 0. The lowest BCUT2D eigenvalue weighted by Crippen LogP contribution is -2.01. The lowest BCUT2D eigenvalue weighted by Gasteiger charge is -2.04. The standard InChI is InChI=1S/C11H10N4O5/c1-7-10(15(18)19)11(20-2)13(12-7)8-3-5-9(6-4-8)14(16)17/h3-6H,1-2H3. The number of aromatic nitrogens is 2. The SMILES string of the molecule is COc1c([N+](=O)[O-])c(C)nn1-c1ccc([N+](=O)[O-])cc1. The van der Waals surface area contributed by atoms with E-state index in [4.69, 9.17) is 4.74 Å². The molecule has 0 N–H and O–H groups in total. The van der Waals surface area contributed by atoms with Crippen molar-refractivity contribution >= 4 is 11.4 Å². The van der Waals surface area contributed by atoms with Crippen LogP contribution in [-0.4, -0.2) is 26.7 Å². The highest BCUT2D eigenvalue weighted by atomic mass is 16.6. The summed E-state index contributed by atoms with van der Waals surface area (Å²) in [5.74, 6) is -0.0265. The number of ether oxygens (including phenoxy) is 1. The van der Waals surface area contributed by atoms with Gasteiger partial charge in [-0.25, -0.2) is 0 Å². The van der Waals surface area contributed by atoms with Crippen LogP contribution in [0, 0.1) is 27.2 Å². The van der Waals surface area contributed by atoms with Gasteiger partial charge in [0.05, 0.1) is 22.6 Å². The molecule has 9 nitrogen and oxygen atoms in total. The Morgan fingerprint density at radius 1 is 1.15 bits per heavy atom. The number of nitro groups is 2. The summed E-state index contributed by atoms with van der Waals surface area (Å²) in [6, 6.07) is 5.46. The second-order valence-corrected chi connectivity index (χ2v) is 3.89. The summed E-state index contributed by atoms with van der Waals surface area (Å²) in [6.07, 6.45) is 0. The quantitative estimate of drug-likeness (QED) is 0.624. The van der Waals surface area contributed by atoms with Gasteiger partial charge in [0.25, 0.3) is 11.6 Å². The van der Waals surface area contributed by atoms with E-state index in [1.807, 2.05) is 0 Å². The zero-order chi connectivity index (χ0) is 14.9. The number of non-ortho nitro benzene ring substituents is 1. The lowest BCUT2D eigenvalue weighted by atomic mass is 10.3. The van der Waals surface area contributed by atoms with Gasteiger partial charge in [0.2, 0.25) is 0 Å². The Balaban J connectivity index is 2.55. The molecule has 1 heterocycles. The molecule has 0 radical (unpaired) electrons. The van der Waals surface area contributed by atoms with Gasteiger partial charge in [-0.3, -0.25) is 20.2 Å². The van der Waals surface area contributed by atoms with Crippen molar-refractivity contribution in [2.75, 3.05) is 7.11 Å². The number of aryl methyl sites for hydroxylation is 1. The first-order valence-corrected chi connectivity index (χ1v) is 5.48. The summed E-state index contributed by atoms with van der Waals surface area (Å²) in [5, 5.41) is 25.6. The Morgan fingerprint density at radius 2 is 1.75 bits per heavy atom. The zero-order valence-corrected chi connectivity index (χ0v) is 10.6. The minimum atomic E-state index is -0.580. The minimum absolute atomic E-state index is 0.0265. The van der Waals surface area contributed by atoms with Crippen LogP contribution in [0.5, 0.6) is 5.88 Å². The number of benzene rings is 1. The minimum Gasteiger partial charge on any atom is -0.476 e. The van der Waals surface area contributed by atoms with Crippen molar-refractivity contribution < 1.29 is 14.6 Å². The van der Waals surface area contributed by atoms with E-state index in [1.165, 1.54) is 43.0 Å². The maximum atomic E-state index is 11.0. The number of hydrogen-bond acceptors (Lipinski definition) is 6. The maximum Gasteiger partial charge on any atom is 0.353 e. The molecule has 0 aliphatic carbocycles. The van der Waals surface area contributed by atoms with Crippen LogP contribution >= 0.6 is 0 Å². The van der Waals surface area contributed by atoms with Crippen molar-refractivity contribution in [3.8, 4) is 11.6 Å². The molecule has 104 valence electrons. The Bertz CT molecular complexity index is 677. The molecule has 1 aromatic heterocycles. The molecule has 0 bridgehead atoms. The lowest BCUT2D eigenvalue weighted by molar-refractivity contribution is -0.386. The Kier molecular flexibility index (Phi) is 3.34. The summed E-state index contributed by atoms with van der Waals surface area (Å²) in [6.45, 7) is 1.49. The van der Waals surface area contributed by atoms with E-state index in [-0.39, 0.29) is 22.9 Å². The normalized spacial score (nSPS) is 10.3. The van der Waals surface area contributed by atoms with Gasteiger partial charge in [0.15, 0.2) is 0 Å². The summed E-state index contributed by atoms with van der Waals surface area (Å²) in [5.41, 5.74) is 0.325. The molecular formula is C11H10N4O5. The molecule has 0 amide bonds. The van der Waals surface area contributed by atoms with Gasteiger partial charge in [-0.15, -0.1) is 0 Å². The smallest absolute Gasteiger partial charge is 0.353 e. The topological polar surface area (TPSA) is 113 Å². The number of hydrogen-bond donors (Lipinski definition) is 0. The van der Waals surface area contributed by atoms with Gasteiger partial charge >= 0.3 is 5.69 Å². The van der Waals surface area contributed by atoms with Crippen molar-refractivity contribution in [2.24, 2.45) is 0 Å². The molecule has 0 atom stereocenters. The fourth-order valence-corrected chi connectivity index (χ4v) is 1.78. The van der Waals surface area contributed by atoms with E-state index < -0.39 is 9.85 Å². The maximum absolute atomic E-state index is 11.0. The van der Waals surface area contributed by atoms with Crippen molar-refractivity contribution in [3.05, 3.63) is 50.2 Å². The molecule has 0 saturated carbocycles. The van der Waals surface area contributed by atoms with Gasteiger partial charge in [-0.2, -0.15) is 9.78 Å². The predicted molar refractivity (Wildman–Crippen MR) is 68.2 cm³/mol. The second kappa shape index (κ2) is 4.96. The highest BCUT2D eigenvalue weighted by Crippen LogP contribution is 2.32. The fourth-order valence-electron chi connectivity index (χ4n) is 1.78. The predicted octanol–water partition coefficient (Wildman–Crippen LogP) is 2.01. The molecule has 2 rings (SSSR count). The van der Waals surface area contributed by atoms with Crippen LogP contribution in [0.4, 0.5) is 11.4 Å². The van der Waals surface area contributed by atoms with Crippen LogP contribution in [0.3, 0.4) is 0 Å². The van der Waals surface area contributed by atoms with Gasteiger partial charge in [-0.1, -0.05) is 0 Å². The third-order valence-corrected chi connectivity index (χ3v) is 2.67. The molecule has 0 aliphatic heterocycles. The van der Waals surface area contributed by atoms with Crippen LogP contribution < -0.4 is 4.74 Å². The average molecular weight is 278 g/mol. The highest BCUT2D eigenvalue weighted by molar-refractivity contribution is 5.51. The van der Waals surface area contributed by atoms with E-state index in [9.17, 15) is 20.2 Å². The van der Waals surface area contributed by atoms with Gasteiger partial charge in [0.1, 0.15) is 5.69 Å². The number of methoxy groups -OCH3 is 1. The second-order valence-electron chi connectivity index (χ2n) is 3.89. The molecule has 1 aromatic carbocycles. The third kappa shape index (κ3) is 2.16. The number of rotatable bonds is 4. The largest absolute Gasteiger partial charge is 0.476 e. The molecule has 9 heteroatoms. The first kappa shape index (κ1) is 13.5. The van der Waals surface area contributed by atoms with Crippen LogP contribution in [0.15, 0.2) is 24.3 Å². The third-order valence-electron chi connectivity index (χ3n) is 2.67. The Morgan fingerprint density at radius 3 is 2.20 bits per heavy atom. The van der Waals surface area contributed by atoms with Crippen molar-refractivity contribution in [1.82, 2.24) is 9.78 Å². The van der Waals surface area contributed by atoms with Crippen molar-refractivity contribution in [1.29, 1.82) is 0 Å². The van der Waals surface area contributed by atoms with Crippen LogP contribution in [0.25, 0.3) is 5.69 Å². The summed E-state index contributed by atoms with van der Waals surface area (Å²) in [7, 11) is 1.30. The van der Waals surface area contributed by atoms with Crippen molar-refractivity contribution in [3.63, 3.8) is 0 Å². The van der Waals surface area contributed by atoms with Gasteiger partial charge < -0.3 is 4.74 Å². The van der Waals surface area contributed by atoms with E-state index in [0.29, 0.717) is 5.69 Å². The molecular weight excluding hydrogens is 268 g/mol. The molecule has 0 unspecified atom stereocenters. The summed E-state index contributed by atoms with van der Waals surface area (Å²) < 4.78 is 6.25. The highest BCUT2D eigenvalue weighted by Gasteiger charge is 2.27. The first-order valence-electron chi connectivity index (χ1n) is 5.48. The van der Waals surface area contributed by atoms with E-state index in [0.717, 1.165) is 0 Å². The van der Waals surface area contributed by atoms with E-state index in [2.05, 4.69) is 5.10 Å². The first-order chi connectivity index (χ1) is 9.45. The van der Waals surface area contributed by atoms with Gasteiger partial charge in [-0.05, 0) is 19.1 Å². The zero-order valence-electron chi connectivity index (χ0n) is 10.6. The number of nitro benzene ring substituents is 1. The van der Waals surface area contributed by atoms with Crippen LogP contribution in [0.1, 0.15) is 5.69 Å². The molecule has 0 aliphatic rings. The van der Waals surface area contributed by atoms with E-state index >= 15 is 0 Å². The van der Waals surface area contributed by atoms with Crippen LogP contribution in [0.2, 0.25) is 0 Å². The van der Waals surface area contributed by atoms with E-state index in [1.54, 1.807) is 0 Å². The van der Waals surface area contributed by atoms with Crippen molar-refractivity contribution in [2.45, 2.75) is 6.92 Å². The monoisotopic (exact) mass is 278 g/mol. The molecule has 0 spiro atoms. The fraction of sp³-hybridized carbons (Fsp3) is 0.182. The molecule has 2 aromatic rings. The molecule has 0 saturated heterocycles. The summed E-state index contributed by atoms with van der Waals surface area (Å²) in [4.78, 5) is 20.5.